The largest absolute Gasteiger partial charge is 0.480 e. The fraction of sp³-hybridized carbons (Fsp3) is 0.385. The van der Waals surface area contributed by atoms with Crippen LogP contribution in [0.5, 0.6) is 0 Å². The topological polar surface area (TPSA) is 108 Å². The van der Waals surface area contributed by atoms with Gasteiger partial charge in [-0.2, -0.15) is 9.57 Å². The first-order valence-corrected chi connectivity index (χ1v) is 7.48. The zero-order valence-corrected chi connectivity index (χ0v) is 12.6. The average Bonchev–Trinajstić information content (AvgIpc) is 2.42. The molecule has 0 aliphatic carbocycles. The van der Waals surface area contributed by atoms with E-state index in [9.17, 15) is 13.2 Å². The maximum absolute atomic E-state index is 12.5. The summed E-state index contributed by atoms with van der Waals surface area (Å²) in [5.41, 5.74) is 0.731. The first-order chi connectivity index (χ1) is 9.82. The van der Waals surface area contributed by atoms with Gasteiger partial charge in [-0.25, -0.2) is 8.42 Å². The van der Waals surface area contributed by atoms with Crippen LogP contribution in [0, 0.1) is 18.3 Å². The summed E-state index contributed by atoms with van der Waals surface area (Å²) < 4.78 is 30.7. The van der Waals surface area contributed by atoms with Crippen LogP contribution in [0.1, 0.15) is 11.1 Å². The van der Waals surface area contributed by atoms with Crippen molar-refractivity contribution in [1.82, 2.24) is 4.31 Å². The highest BCUT2D eigenvalue weighted by atomic mass is 32.2. The van der Waals surface area contributed by atoms with Crippen LogP contribution in [0.2, 0.25) is 0 Å². The van der Waals surface area contributed by atoms with Crippen LogP contribution in [0.3, 0.4) is 0 Å². The number of nitriles is 1. The van der Waals surface area contributed by atoms with Gasteiger partial charge in [0.25, 0.3) is 0 Å². The lowest BCUT2D eigenvalue weighted by Gasteiger charge is -2.21. The monoisotopic (exact) mass is 312 g/mol. The smallest absolute Gasteiger partial charge is 0.318 e. The minimum absolute atomic E-state index is 0.0150. The van der Waals surface area contributed by atoms with Gasteiger partial charge in [-0.05, 0) is 30.7 Å². The predicted molar refractivity (Wildman–Crippen MR) is 74.2 cm³/mol. The molecule has 1 N–H and O–H groups in total. The second-order valence-corrected chi connectivity index (χ2v) is 6.22. The van der Waals surface area contributed by atoms with Gasteiger partial charge in [-0.1, -0.05) is 0 Å². The van der Waals surface area contributed by atoms with Crippen molar-refractivity contribution in [2.24, 2.45) is 0 Å². The number of methoxy groups -OCH3 is 1. The summed E-state index contributed by atoms with van der Waals surface area (Å²) in [6.07, 6.45) is 0. The van der Waals surface area contributed by atoms with Crippen molar-refractivity contribution in [3.05, 3.63) is 29.3 Å². The molecule has 0 radical (unpaired) electrons. The number of carbonyl (C=O) groups is 1. The van der Waals surface area contributed by atoms with Crippen molar-refractivity contribution in [1.29, 1.82) is 5.26 Å². The van der Waals surface area contributed by atoms with Gasteiger partial charge in [0.2, 0.25) is 10.0 Å². The summed E-state index contributed by atoms with van der Waals surface area (Å²) in [5.74, 6) is -1.25. The molecule has 0 aliphatic heterocycles. The minimum Gasteiger partial charge on any atom is -0.480 e. The fourth-order valence-corrected chi connectivity index (χ4v) is 3.35. The molecule has 1 aromatic rings. The summed E-state index contributed by atoms with van der Waals surface area (Å²) in [6.45, 7) is 0.931. The molecule has 7 nitrogen and oxygen atoms in total. The van der Waals surface area contributed by atoms with Crippen LogP contribution in [0.4, 0.5) is 0 Å². The number of aryl methyl sites for hydroxylation is 1. The Morgan fingerprint density at radius 1 is 1.48 bits per heavy atom. The quantitative estimate of drug-likeness (QED) is 0.789. The number of ether oxygens (including phenoxy) is 1. The maximum Gasteiger partial charge on any atom is 0.318 e. The van der Waals surface area contributed by atoms with E-state index >= 15 is 0 Å². The number of carboxylic acids is 1. The molecule has 0 unspecified atom stereocenters. The van der Waals surface area contributed by atoms with Gasteiger partial charge >= 0.3 is 5.97 Å². The Hall–Kier alpha value is -1.95. The third-order valence-corrected chi connectivity index (χ3v) is 4.78. The van der Waals surface area contributed by atoms with Gasteiger partial charge in [0.15, 0.2) is 0 Å². The molecule has 0 bridgehead atoms. The number of aliphatic carboxylic acids is 1. The lowest BCUT2D eigenvalue weighted by atomic mass is 10.2. The number of hydrogen-bond donors (Lipinski definition) is 1. The van der Waals surface area contributed by atoms with Crippen molar-refractivity contribution >= 4 is 16.0 Å². The van der Waals surface area contributed by atoms with Crippen LogP contribution >= 0.6 is 0 Å². The van der Waals surface area contributed by atoms with Crippen LogP contribution in [0.25, 0.3) is 0 Å². The summed E-state index contributed by atoms with van der Waals surface area (Å²) in [5, 5.41) is 17.7. The van der Waals surface area contributed by atoms with Gasteiger partial charge in [-0.15, -0.1) is 0 Å². The predicted octanol–water partition coefficient (Wildman–Crippen LogP) is 0.588. The lowest BCUT2D eigenvalue weighted by molar-refractivity contribution is -0.137. The molecule has 0 aromatic heterocycles. The van der Waals surface area contributed by atoms with E-state index in [1.165, 1.54) is 25.3 Å². The molecule has 0 atom stereocenters. The Balaban J connectivity index is 3.22. The lowest BCUT2D eigenvalue weighted by Crippen LogP contribution is -2.38. The SMILES string of the molecule is COCCN(CC(=O)O)S(=O)(=O)c1ccc(C#N)cc1C. The third-order valence-electron chi connectivity index (χ3n) is 2.78. The molecule has 21 heavy (non-hydrogen) atoms. The van der Waals surface area contributed by atoms with Crippen molar-refractivity contribution in [2.75, 3.05) is 26.8 Å². The van der Waals surface area contributed by atoms with E-state index in [4.69, 9.17) is 15.1 Å². The summed E-state index contributed by atoms with van der Waals surface area (Å²) >= 11 is 0. The van der Waals surface area contributed by atoms with E-state index in [0.717, 1.165) is 4.31 Å². The first kappa shape index (κ1) is 17.1. The molecule has 0 fully saturated rings. The molecule has 0 heterocycles. The molecular weight excluding hydrogens is 296 g/mol. The third kappa shape index (κ3) is 4.26. The second-order valence-electron chi connectivity index (χ2n) is 4.32. The normalized spacial score (nSPS) is 11.3. The number of sulfonamides is 1. The van der Waals surface area contributed by atoms with Crippen LogP contribution in [-0.2, 0) is 19.6 Å². The average molecular weight is 312 g/mol. The highest BCUT2D eigenvalue weighted by Gasteiger charge is 2.27. The Kier molecular flexibility index (Phi) is 5.84. The Bertz CT molecular complexity index is 664. The summed E-state index contributed by atoms with van der Waals surface area (Å²) in [7, 11) is -2.56. The Morgan fingerprint density at radius 3 is 2.62 bits per heavy atom. The standard InChI is InChI=1S/C13H16N2O5S/c1-10-7-11(8-14)3-4-12(10)21(18,19)15(5-6-20-2)9-13(16)17/h3-4,7H,5-6,9H2,1-2H3,(H,16,17). The van der Waals surface area contributed by atoms with Crippen molar-refractivity contribution < 1.29 is 23.1 Å². The first-order valence-electron chi connectivity index (χ1n) is 6.04. The van der Waals surface area contributed by atoms with Gasteiger partial charge in [0.1, 0.15) is 6.54 Å². The van der Waals surface area contributed by atoms with E-state index in [1.807, 2.05) is 6.07 Å². The number of rotatable bonds is 7. The number of benzene rings is 1. The summed E-state index contributed by atoms with van der Waals surface area (Å²) in [6, 6.07) is 6.06. The molecule has 0 spiro atoms. The molecule has 0 amide bonds. The Morgan fingerprint density at radius 2 is 2.14 bits per heavy atom. The molecule has 8 heteroatoms. The number of hydrogen-bond acceptors (Lipinski definition) is 5. The zero-order chi connectivity index (χ0) is 16.0. The highest BCUT2D eigenvalue weighted by Crippen LogP contribution is 2.20. The molecular formula is C13H16N2O5S. The second kappa shape index (κ2) is 7.17. The van der Waals surface area contributed by atoms with Crippen molar-refractivity contribution in [3.63, 3.8) is 0 Å². The van der Waals surface area contributed by atoms with E-state index in [2.05, 4.69) is 0 Å². The van der Waals surface area contributed by atoms with Crippen molar-refractivity contribution in [2.45, 2.75) is 11.8 Å². The molecule has 0 aliphatic rings. The van der Waals surface area contributed by atoms with E-state index in [0.29, 0.717) is 11.1 Å². The van der Waals surface area contributed by atoms with E-state index in [1.54, 1.807) is 6.92 Å². The number of nitrogens with zero attached hydrogens (tertiary/aromatic N) is 2. The molecule has 0 saturated carbocycles. The van der Waals surface area contributed by atoms with Crippen molar-refractivity contribution in [3.8, 4) is 6.07 Å². The molecule has 114 valence electrons. The van der Waals surface area contributed by atoms with Gasteiger partial charge in [0.05, 0.1) is 23.1 Å². The zero-order valence-electron chi connectivity index (χ0n) is 11.7. The highest BCUT2D eigenvalue weighted by molar-refractivity contribution is 7.89. The van der Waals surface area contributed by atoms with Crippen LogP contribution in [0.15, 0.2) is 23.1 Å². The maximum atomic E-state index is 12.5. The molecule has 1 rings (SSSR count). The molecule has 0 saturated heterocycles. The molecule has 1 aromatic carbocycles. The van der Waals surface area contributed by atoms with Crippen LogP contribution < -0.4 is 0 Å². The minimum atomic E-state index is -3.96. The van der Waals surface area contributed by atoms with Crippen LogP contribution in [-0.4, -0.2) is 50.6 Å². The van der Waals surface area contributed by atoms with E-state index in [-0.39, 0.29) is 18.0 Å². The van der Waals surface area contributed by atoms with Gasteiger partial charge in [0, 0.05) is 13.7 Å². The van der Waals surface area contributed by atoms with Gasteiger partial charge in [-0.3, -0.25) is 4.79 Å². The van der Waals surface area contributed by atoms with Gasteiger partial charge < -0.3 is 9.84 Å². The number of carboxylic acid groups (broad SMARTS) is 1. The van der Waals surface area contributed by atoms with E-state index < -0.39 is 22.5 Å². The summed E-state index contributed by atoms with van der Waals surface area (Å²) in [4.78, 5) is 10.8. The fourth-order valence-electron chi connectivity index (χ4n) is 1.78. The Labute approximate surface area is 123 Å².